The zero-order chi connectivity index (χ0) is 13.8. The van der Waals surface area contributed by atoms with E-state index in [2.05, 4.69) is 5.32 Å². The number of pyridine rings is 1. The number of nitrogens with zero attached hydrogens (tertiary/aromatic N) is 1. The topological polar surface area (TPSA) is 77.4 Å². The first-order chi connectivity index (χ1) is 9.15. The van der Waals surface area contributed by atoms with E-state index in [9.17, 15) is 14.4 Å². The van der Waals surface area contributed by atoms with Crippen LogP contribution in [0.4, 0.5) is 0 Å². The lowest BCUT2D eigenvalue weighted by Crippen LogP contribution is -2.42. The number of rotatable bonds is 4. The van der Waals surface area contributed by atoms with Gasteiger partial charge in [-0.15, -0.1) is 0 Å². The fraction of sp³-hybridized carbons (Fsp3) is 0.462. The highest BCUT2D eigenvalue weighted by molar-refractivity contribution is 5.95. The van der Waals surface area contributed by atoms with Crippen LogP contribution >= 0.6 is 0 Å². The average molecular weight is 264 g/mol. The molecule has 0 saturated heterocycles. The lowest BCUT2D eigenvalue weighted by atomic mass is 10.2. The second-order valence-corrected chi connectivity index (χ2v) is 4.33. The van der Waals surface area contributed by atoms with E-state index in [1.807, 2.05) is 6.92 Å². The molecule has 1 N–H and O–H groups in total. The zero-order valence-corrected chi connectivity index (χ0v) is 10.8. The van der Waals surface area contributed by atoms with Gasteiger partial charge in [0.2, 0.25) is 0 Å². The van der Waals surface area contributed by atoms with E-state index < -0.39 is 11.5 Å². The van der Waals surface area contributed by atoms with E-state index in [1.54, 1.807) is 0 Å². The Labute approximate surface area is 110 Å². The Morgan fingerprint density at radius 3 is 2.95 bits per heavy atom. The fourth-order valence-corrected chi connectivity index (χ4v) is 1.91. The molecule has 0 aromatic carbocycles. The number of hydrogen-bond acceptors (Lipinski definition) is 4. The molecule has 6 heteroatoms. The normalized spacial score (nSPS) is 13.6. The van der Waals surface area contributed by atoms with E-state index in [1.165, 1.54) is 16.7 Å². The van der Waals surface area contributed by atoms with Gasteiger partial charge < -0.3 is 14.6 Å². The van der Waals surface area contributed by atoms with E-state index >= 15 is 0 Å². The van der Waals surface area contributed by atoms with E-state index in [0.29, 0.717) is 19.7 Å². The summed E-state index contributed by atoms with van der Waals surface area (Å²) < 4.78 is 6.33. The molecule has 2 heterocycles. The Hall–Kier alpha value is -2.11. The SMILES string of the molecule is CCCCOC(=O)c1ccc2n(c1=O)CCNC2=O. The first-order valence-corrected chi connectivity index (χ1v) is 6.34. The monoisotopic (exact) mass is 264 g/mol. The van der Waals surface area contributed by atoms with Gasteiger partial charge in [-0.3, -0.25) is 9.59 Å². The van der Waals surface area contributed by atoms with Gasteiger partial charge in [0.1, 0.15) is 11.3 Å². The molecular formula is C13H16N2O4. The van der Waals surface area contributed by atoms with E-state index in [-0.39, 0.29) is 17.2 Å². The summed E-state index contributed by atoms with van der Waals surface area (Å²) in [6.07, 6.45) is 1.68. The van der Waals surface area contributed by atoms with Crippen LogP contribution in [-0.4, -0.2) is 29.6 Å². The van der Waals surface area contributed by atoms with Gasteiger partial charge in [-0.25, -0.2) is 4.79 Å². The van der Waals surface area contributed by atoms with Gasteiger partial charge in [0.05, 0.1) is 6.61 Å². The van der Waals surface area contributed by atoms with Gasteiger partial charge in [-0.05, 0) is 18.6 Å². The van der Waals surface area contributed by atoms with Crippen LogP contribution < -0.4 is 10.9 Å². The van der Waals surface area contributed by atoms with Crippen LogP contribution in [-0.2, 0) is 11.3 Å². The summed E-state index contributed by atoms with van der Waals surface area (Å²) in [7, 11) is 0. The van der Waals surface area contributed by atoms with Gasteiger partial charge in [0.25, 0.3) is 11.5 Å². The Kier molecular flexibility index (Phi) is 3.99. The highest BCUT2D eigenvalue weighted by atomic mass is 16.5. The standard InChI is InChI=1S/C13H16N2O4/c1-2-3-8-19-13(18)9-4-5-10-11(16)14-6-7-15(10)12(9)17/h4-5H,2-3,6-8H2,1H3,(H,14,16). The number of esters is 1. The van der Waals surface area contributed by atoms with Crippen molar-refractivity contribution in [3.05, 3.63) is 33.7 Å². The van der Waals surface area contributed by atoms with Crippen LogP contribution in [0.2, 0.25) is 0 Å². The molecule has 0 aliphatic carbocycles. The maximum atomic E-state index is 12.1. The molecule has 0 bridgehead atoms. The Bertz CT molecular complexity index is 562. The maximum absolute atomic E-state index is 12.1. The van der Waals surface area contributed by atoms with Gasteiger partial charge >= 0.3 is 5.97 Å². The summed E-state index contributed by atoms with van der Waals surface area (Å²) in [4.78, 5) is 35.4. The molecular weight excluding hydrogens is 248 g/mol. The smallest absolute Gasteiger partial charge is 0.343 e. The third-order valence-corrected chi connectivity index (χ3v) is 2.98. The Morgan fingerprint density at radius 1 is 1.42 bits per heavy atom. The molecule has 1 aromatic rings. The van der Waals surface area contributed by atoms with Crippen molar-refractivity contribution in [1.29, 1.82) is 0 Å². The number of carbonyl (C=O) groups excluding carboxylic acids is 2. The molecule has 19 heavy (non-hydrogen) atoms. The summed E-state index contributed by atoms with van der Waals surface area (Å²) in [5.41, 5.74) is -0.204. The van der Waals surface area contributed by atoms with Crippen LogP contribution in [0, 0.1) is 0 Å². The summed E-state index contributed by atoms with van der Waals surface area (Å²) >= 11 is 0. The molecule has 6 nitrogen and oxygen atoms in total. The minimum Gasteiger partial charge on any atom is -0.462 e. The number of nitrogens with one attached hydrogen (secondary N) is 1. The fourth-order valence-electron chi connectivity index (χ4n) is 1.91. The molecule has 1 amide bonds. The van der Waals surface area contributed by atoms with Crippen molar-refractivity contribution >= 4 is 11.9 Å². The lowest BCUT2D eigenvalue weighted by molar-refractivity contribution is 0.0496. The van der Waals surface area contributed by atoms with Gasteiger partial charge in [0, 0.05) is 13.1 Å². The third-order valence-electron chi connectivity index (χ3n) is 2.98. The number of carbonyl (C=O) groups is 2. The van der Waals surface area contributed by atoms with Crippen molar-refractivity contribution in [3.8, 4) is 0 Å². The van der Waals surface area contributed by atoms with E-state index in [4.69, 9.17) is 4.74 Å². The molecule has 1 aromatic heterocycles. The molecule has 1 aliphatic heterocycles. The molecule has 102 valence electrons. The largest absolute Gasteiger partial charge is 0.462 e. The maximum Gasteiger partial charge on any atom is 0.343 e. The molecule has 0 radical (unpaired) electrons. The number of fused-ring (bicyclic) bond motifs is 1. The highest BCUT2D eigenvalue weighted by Gasteiger charge is 2.21. The van der Waals surface area contributed by atoms with Crippen molar-refractivity contribution in [2.24, 2.45) is 0 Å². The molecule has 0 saturated carbocycles. The van der Waals surface area contributed by atoms with Crippen LogP contribution in [0.25, 0.3) is 0 Å². The minimum absolute atomic E-state index is 0.0189. The molecule has 0 atom stereocenters. The van der Waals surface area contributed by atoms with Crippen molar-refractivity contribution in [2.75, 3.05) is 13.2 Å². The van der Waals surface area contributed by atoms with Crippen molar-refractivity contribution in [3.63, 3.8) is 0 Å². The lowest BCUT2D eigenvalue weighted by Gasteiger charge is -2.18. The zero-order valence-electron chi connectivity index (χ0n) is 10.8. The number of unbranched alkanes of at least 4 members (excludes halogenated alkanes) is 1. The first-order valence-electron chi connectivity index (χ1n) is 6.34. The molecule has 1 aliphatic rings. The Balaban J connectivity index is 2.26. The second-order valence-electron chi connectivity index (χ2n) is 4.33. The van der Waals surface area contributed by atoms with Crippen molar-refractivity contribution < 1.29 is 14.3 Å². The van der Waals surface area contributed by atoms with Crippen LogP contribution in [0.5, 0.6) is 0 Å². The number of amides is 1. The Morgan fingerprint density at radius 2 is 2.21 bits per heavy atom. The summed E-state index contributed by atoms with van der Waals surface area (Å²) in [5.74, 6) is -0.922. The van der Waals surface area contributed by atoms with Crippen molar-refractivity contribution in [2.45, 2.75) is 26.3 Å². The predicted octanol–water partition coefficient (Wildman–Crippen LogP) is 0.549. The second kappa shape index (κ2) is 5.69. The summed E-state index contributed by atoms with van der Waals surface area (Å²) in [6.45, 7) is 3.05. The third kappa shape index (κ3) is 2.67. The van der Waals surface area contributed by atoms with Crippen LogP contribution in [0.3, 0.4) is 0 Å². The molecule has 0 fully saturated rings. The van der Waals surface area contributed by atoms with Gasteiger partial charge in [0.15, 0.2) is 0 Å². The molecule has 0 unspecified atom stereocenters. The predicted molar refractivity (Wildman–Crippen MR) is 68.2 cm³/mol. The highest BCUT2D eigenvalue weighted by Crippen LogP contribution is 2.05. The van der Waals surface area contributed by atoms with Crippen molar-refractivity contribution in [1.82, 2.24) is 9.88 Å². The summed E-state index contributed by atoms with van der Waals surface area (Å²) in [5, 5.41) is 2.64. The summed E-state index contributed by atoms with van der Waals surface area (Å²) in [6, 6.07) is 2.83. The number of aromatic nitrogens is 1. The average Bonchev–Trinajstić information content (AvgIpc) is 2.40. The quantitative estimate of drug-likeness (QED) is 0.636. The molecule has 0 spiro atoms. The van der Waals surface area contributed by atoms with Gasteiger partial charge in [-0.1, -0.05) is 13.3 Å². The number of ether oxygens (including phenoxy) is 1. The van der Waals surface area contributed by atoms with Gasteiger partial charge in [-0.2, -0.15) is 0 Å². The first kappa shape index (κ1) is 13.3. The minimum atomic E-state index is -0.625. The van der Waals surface area contributed by atoms with E-state index in [0.717, 1.165) is 12.8 Å². The number of hydrogen-bond donors (Lipinski definition) is 1. The molecule has 2 rings (SSSR count). The van der Waals surface area contributed by atoms with Crippen LogP contribution in [0.1, 0.15) is 40.6 Å². The van der Waals surface area contributed by atoms with Crippen LogP contribution in [0.15, 0.2) is 16.9 Å².